The lowest BCUT2D eigenvalue weighted by Crippen LogP contribution is -2.30. The van der Waals surface area contributed by atoms with Gasteiger partial charge in [-0.15, -0.1) is 11.8 Å². The molecule has 0 aliphatic rings. The molecule has 0 atom stereocenters. The second-order valence-corrected chi connectivity index (χ2v) is 10.1. The SMILES string of the molecule is COC(=O)c1ccccc1NC(=O)CSc1cccc(NC(=O)/C(=C\c2ccc(OC)cc2)NC(=O)c2ccccc2)c1. The second kappa shape index (κ2) is 15.0. The Kier molecular flexibility index (Phi) is 10.7. The molecule has 0 aromatic heterocycles. The molecule has 218 valence electrons. The number of para-hydroxylation sites is 1. The summed E-state index contributed by atoms with van der Waals surface area (Å²) in [7, 11) is 2.84. The van der Waals surface area contributed by atoms with Gasteiger partial charge in [0.25, 0.3) is 11.8 Å². The van der Waals surface area contributed by atoms with Gasteiger partial charge in [0.05, 0.1) is 31.2 Å². The van der Waals surface area contributed by atoms with Crippen LogP contribution >= 0.6 is 11.8 Å². The molecule has 10 heteroatoms. The lowest BCUT2D eigenvalue weighted by atomic mass is 10.1. The van der Waals surface area contributed by atoms with Crippen molar-refractivity contribution in [3.63, 3.8) is 0 Å². The van der Waals surface area contributed by atoms with Crippen molar-refractivity contribution in [1.82, 2.24) is 5.32 Å². The highest BCUT2D eigenvalue weighted by Crippen LogP contribution is 2.23. The van der Waals surface area contributed by atoms with Crippen molar-refractivity contribution in [2.24, 2.45) is 0 Å². The third-order valence-corrected chi connectivity index (χ3v) is 7.02. The molecule has 9 nitrogen and oxygen atoms in total. The van der Waals surface area contributed by atoms with E-state index in [0.29, 0.717) is 28.3 Å². The van der Waals surface area contributed by atoms with E-state index >= 15 is 0 Å². The molecule has 0 spiro atoms. The standard InChI is InChI=1S/C33H29N3O6S/c1-41-25-17-15-22(16-18-25)19-29(36-31(38)23-9-4-3-5-10-23)32(39)34-24-11-8-12-26(20-24)43-21-30(37)35-28-14-7-6-13-27(28)33(40)42-2/h3-20H,21H2,1-2H3,(H,34,39)(H,35,37)(H,36,38)/b29-19+. The highest BCUT2D eigenvalue weighted by atomic mass is 32.2. The third-order valence-electron chi connectivity index (χ3n) is 6.02. The van der Waals surface area contributed by atoms with E-state index in [1.165, 1.54) is 18.9 Å². The number of carbonyl (C=O) groups excluding carboxylic acids is 4. The highest BCUT2D eigenvalue weighted by Gasteiger charge is 2.16. The number of hydrogen-bond donors (Lipinski definition) is 3. The monoisotopic (exact) mass is 595 g/mol. The Hall–Kier alpha value is -5.35. The molecule has 4 aromatic rings. The number of carbonyl (C=O) groups is 4. The largest absolute Gasteiger partial charge is 0.497 e. The summed E-state index contributed by atoms with van der Waals surface area (Å²) in [6.45, 7) is 0. The molecule has 0 aliphatic carbocycles. The van der Waals surface area contributed by atoms with Crippen LogP contribution in [0.15, 0.2) is 114 Å². The number of rotatable bonds is 11. The number of thioether (sulfide) groups is 1. The van der Waals surface area contributed by atoms with Crippen molar-refractivity contribution < 1.29 is 28.7 Å². The number of nitrogens with one attached hydrogen (secondary N) is 3. The van der Waals surface area contributed by atoms with Crippen LogP contribution in [0.5, 0.6) is 5.75 Å². The molecule has 0 saturated heterocycles. The molecule has 4 rings (SSSR count). The summed E-state index contributed by atoms with van der Waals surface area (Å²) in [5, 5.41) is 8.27. The number of esters is 1. The average molecular weight is 596 g/mol. The van der Waals surface area contributed by atoms with Crippen LogP contribution < -0.4 is 20.7 Å². The van der Waals surface area contributed by atoms with Gasteiger partial charge in [-0.2, -0.15) is 0 Å². The zero-order valence-electron chi connectivity index (χ0n) is 23.5. The predicted molar refractivity (Wildman–Crippen MR) is 167 cm³/mol. The zero-order chi connectivity index (χ0) is 30.6. The summed E-state index contributed by atoms with van der Waals surface area (Å²) in [5.41, 5.74) is 2.22. The van der Waals surface area contributed by atoms with Gasteiger partial charge in [-0.05, 0) is 66.2 Å². The number of ether oxygens (including phenoxy) is 2. The number of amides is 3. The summed E-state index contributed by atoms with van der Waals surface area (Å²) in [6, 6.07) is 29.2. The smallest absolute Gasteiger partial charge is 0.339 e. The van der Waals surface area contributed by atoms with Crippen molar-refractivity contribution in [3.8, 4) is 5.75 Å². The average Bonchev–Trinajstić information content (AvgIpc) is 3.04. The maximum Gasteiger partial charge on any atom is 0.339 e. The maximum atomic E-state index is 13.4. The van der Waals surface area contributed by atoms with E-state index in [9.17, 15) is 19.2 Å². The van der Waals surface area contributed by atoms with Crippen LogP contribution in [0.4, 0.5) is 11.4 Å². The lowest BCUT2D eigenvalue weighted by molar-refractivity contribution is -0.114. The molecule has 3 amide bonds. The minimum Gasteiger partial charge on any atom is -0.497 e. The Morgan fingerprint density at radius 3 is 2.23 bits per heavy atom. The van der Waals surface area contributed by atoms with E-state index in [1.54, 1.807) is 116 Å². The van der Waals surface area contributed by atoms with E-state index in [2.05, 4.69) is 16.0 Å². The van der Waals surface area contributed by atoms with Crippen LogP contribution in [0.2, 0.25) is 0 Å². The van der Waals surface area contributed by atoms with Gasteiger partial charge in [-0.25, -0.2) is 4.79 Å². The van der Waals surface area contributed by atoms with Crippen molar-refractivity contribution >= 4 is 52.9 Å². The predicted octanol–water partition coefficient (Wildman–Crippen LogP) is 5.62. The molecule has 0 saturated carbocycles. The number of anilines is 2. The number of hydrogen-bond acceptors (Lipinski definition) is 7. The van der Waals surface area contributed by atoms with Crippen molar-refractivity contribution in [1.29, 1.82) is 0 Å². The van der Waals surface area contributed by atoms with E-state index in [0.717, 1.165) is 4.90 Å². The van der Waals surface area contributed by atoms with Gasteiger partial charge >= 0.3 is 5.97 Å². The molecule has 0 radical (unpaired) electrons. The van der Waals surface area contributed by atoms with Crippen molar-refractivity contribution in [3.05, 3.63) is 126 Å². The molecular formula is C33H29N3O6S. The van der Waals surface area contributed by atoms with E-state index in [-0.39, 0.29) is 22.9 Å². The first kappa shape index (κ1) is 30.6. The molecule has 4 aromatic carbocycles. The van der Waals surface area contributed by atoms with Crippen LogP contribution in [-0.4, -0.2) is 43.7 Å². The molecule has 0 heterocycles. The molecule has 43 heavy (non-hydrogen) atoms. The van der Waals surface area contributed by atoms with E-state index in [1.807, 2.05) is 0 Å². The van der Waals surface area contributed by atoms with Crippen molar-refractivity contribution in [2.75, 3.05) is 30.6 Å². The Morgan fingerprint density at radius 2 is 1.51 bits per heavy atom. The lowest BCUT2D eigenvalue weighted by Gasteiger charge is -2.12. The molecule has 0 fully saturated rings. The minimum absolute atomic E-state index is 0.0423. The van der Waals surface area contributed by atoms with Crippen LogP contribution in [0.1, 0.15) is 26.3 Å². The van der Waals surface area contributed by atoms with Crippen LogP contribution in [0.25, 0.3) is 6.08 Å². The summed E-state index contributed by atoms with van der Waals surface area (Å²) in [6.07, 6.45) is 1.57. The summed E-state index contributed by atoms with van der Waals surface area (Å²) < 4.78 is 9.98. The second-order valence-electron chi connectivity index (χ2n) is 9.01. The Bertz CT molecular complexity index is 1640. The Labute approximate surface area is 253 Å². The van der Waals surface area contributed by atoms with Gasteiger partial charge in [-0.1, -0.05) is 48.5 Å². The van der Waals surface area contributed by atoms with Gasteiger partial charge in [0.2, 0.25) is 5.91 Å². The first-order valence-electron chi connectivity index (χ1n) is 13.1. The normalized spacial score (nSPS) is 10.8. The van der Waals surface area contributed by atoms with Gasteiger partial charge in [0.15, 0.2) is 0 Å². The van der Waals surface area contributed by atoms with Gasteiger partial charge in [-0.3, -0.25) is 14.4 Å². The molecule has 0 unspecified atom stereocenters. The fourth-order valence-electron chi connectivity index (χ4n) is 3.89. The minimum atomic E-state index is -0.549. The first-order chi connectivity index (χ1) is 20.9. The fourth-order valence-corrected chi connectivity index (χ4v) is 4.64. The highest BCUT2D eigenvalue weighted by molar-refractivity contribution is 8.00. The van der Waals surface area contributed by atoms with Crippen LogP contribution in [0, 0.1) is 0 Å². The Morgan fingerprint density at radius 1 is 0.791 bits per heavy atom. The van der Waals surface area contributed by atoms with Crippen LogP contribution in [0.3, 0.4) is 0 Å². The molecular weight excluding hydrogens is 566 g/mol. The molecule has 3 N–H and O–H groups in total. The topological polar surface area (TPSA) is 123 Å². The van der Waals surface area contributed by atoms with Crippen LogP contribution in [-0.2, 0) is 14.3 Å². The van der Waals surface area contributed by atoms with Gasteiger partial charge in [0, 0.05) is 16.1 Å². The quantitative estimate of drug-likeness (QED) is 0.117. The Balaban J connectivity index is 1.45. The summed E-state index contributed by atoms with van der Waals surface area (Å²) >= 11 is 1.26. The zero-order valence-corrected chi connectivity index (χ0v) is 24.3. The fraction of sp³-hybridized carbons (Fsp3) is 0.0909. The van der Waals surface area contributed by atoms with Gasteiger partial charge in [0.1, 0.15) is 11.4 Å². The summed E-state index contributed by atoms with van der Waals surface area (Å²) in [5.74, 6) is -1.11. The van der Waals surface area contributed by atoms with E-state index in [4.69, 9.17) is 9.47 Å². The number of benzene rings is 4. The van der Waals surface area contributed by atoms with Gasteiger partial charge < -0.3 is 25.4 Å². The number of methoxy groups -OCH3 is 2. The first-order valence-corrected chi connectivity index (χ1v) is 14.1. The molecule has 0 aliphatic heterocycles. The maximum absolute atomic E-state index is 13.4. The summed E-state index contributed by atoms with van der Waals surface area (Å²) in [4.78, 5) is 51.6. The van der Waals surface area contributed by atoms with Crippen molar-refractivity contribution in [2.45, 2.75) is 4.90 Å². The van der Waals surface area contributed by atoms with E-state index < -0.39 is 17.8 Å². The molecule has 0 bridgehead atoms. The third kappa shape index (κ3) is 8.82.